The summed E-state index contributed by atoms with van der Waals surface area (Å²) in [5.41, 5.74) is 3.04. The molecule has 0 aliphatic carbocycles. The highest BCUT2D eigenvalue weighted by atomic mass is 16.2. The molecule has 2 rings (SSSR count). The number of rotatable bonds is 4. The monoisotopic (exact) mass is 296 g/mol. The van der Waals surface area contributed by atoms with Crippen LogP contribution < -0.4 is 10.6 Å². The van der Waals surface area contributed by atoms with E-state index in [1.54, 1.807) is 24.3 Å². The van der Waals surface area contributed by atoms with Gasteiger partial charge in [-0.15, -0.1) is 0 Å². The van der Waals surface area contributed by atoms with Crippen LogP contribution in [0.25, 0.3) is 0 Å². The molecule has 0 saturated carbocycles. The van der Waals surface area contributed by atoms with Crippen LogP contribution in [0.2, 0.25) is 0 Å². The number of hydrogen-bond donors (Lipinski definition) is 2. The molecule has 0 aromatic heterocycles. The maximum atomic E-state index is 12.3. The Bertz CT molecular complexity index is 693. The van der Waals surface area contributed by atoms with Gasteiger partial charge in [0.1, 0.15) is 0 Å². The van der Waals surface area contributed by atoms with Gasteiger partial charge in [-0.3, -0.25) is 9.59 Å². The molecule has 0 fully saturated rings. The molecule has 0 atom stereocenters. The third-order valence-electron chi connectivity index (χ3n) is 3.26. The maximum absolute atomic E-state index is 12.3. The first-order valence-corrected chi connectivity index (χ1v) is 7.24. The van der Waals surface area contributed by atoms with Crippen molar-refractivity contribution in [2.75, 3.05) is 10.6 Å². The second kappa shape index (κ2) is 6.89. The van der Waals surface area contributed by atoms with Crippen LogP contribution in [-0.2, 0) is 4.79 Å². The Kier molecular flexibility index (Phi) is 4.94. The van der Waals surface area contributed by atoms with Gasteiger partial charge in [-0.2, -0.15) is 0 Å². The van der Waals surface area contributed by atoms with Gasteiger partial charge in [-0.25, -0.2) is 0 Å². The molecule has 0 radical (unpaired) electrons. The van der Waals surface area contributed by atoms with Crippen molar-refractivity contribution in [3.05, 3.63) is 59.7 Å². The van der Waals surface area contributed by atoms with Crippen molar-refractivity contribution in [2.45, 2.75) is 26.7 Å². The molecule has 0 heterocycles. The Morgan fingerprint density at radius 3 is 2.18 bits per heavy atom. The fourth-order valence-corrected chi connectivity index (χ4v) is 2.12. The third kappa shape index (κ3) is 4.19. The normalized spacial score (nSPS) is 10.4. The molecular weight excluding hydrogens is 276 g/mol. The fourth-order valence-electron chi connectivity index (χ4n) is 2.12. The highest BCUT2D eigenvalue weighted by molar-refractivity contribution is 6.05. The SMILES string of the molecule is CC(=O)Nc1cccc(C(=O)Nc2cccc(C(C)C)c2)c1. The Morgan fingerprint density at radius 2 is 1.55 bits per heavy atom. The predicted octanol–water partition coefficient (Wildman–Crippen LogP) is 4.02. The molecule has 0 saturated heterocycles. The van der Waals surface area contributed by atoms with Crippen LogP contribution in [0.3, 0.4) is 0 Å². The topological polar surface area (TPSA) is 58.2 Å². The zero-order valence-corrected chi connectivity index (χ0v) is 13.0. The van der Waals surface area contributed by atoms with Gasteiger partial charge in [0.15, 0.2) is 0 Å². The van der Waals surface area contributed by atoms with Gasteiger partial charge in [0.2, 0.25) is 5.91 Å². The van der Waals surface area contributed by atoms with E-state index in [9.17, 15) is 9.59 Å². The quantitative estimate of drug-likeness (QED) is 0.895. The van der Waals surface area contributed by atoms with Gasteiger partial charge in [0.25, 0.3) is 5.91 Å². The van der Waals surface area contributed by atoms with Crippen molar-refractivity contribution >= 4 is 23.2 Å². The summed E-state index contributed by atoms with van der Waals surface area (Å²) in [5, 5.41) is 5.55. The zero-order chi connectivity index (χ0) is 16.1. The van der Waals surface area contributed by atoms with Crippen molar-refractivity contribution in [1.82, 2.24) is 0 Å². The van der Waals surface area contributed by atoms with Gasteiger partial charge in [0.05, 0.1) is 0 Å². The van der Waals surface area contributed by atoms with E-state index in [-0.39, 0.29) is 11.8 Å². The van der Waals surface area contributed by atoms with Crippen LogP contribution in [0.1, 0.15) is 42.6 Å². The van der Waals surface area contributed by atoms with E-state index in [0.29, 0.717) is 17.2 Å². The molecule has 0 unspecified atom stereocenters. The molecule has 4 heteroatoms. The Hall–Kier alpha value is -2.62. The van der Waals surface area contributed by atoms with Crippen LogP contribution in [-0.4, -0.2) is 11.8 Å². The molecule has 22 heavy (non-hydrogen) atoms. The number of carbonyl (C=O) groups is 2. The summed E-state index contributed by atoms with van der Waals surface area (Å²) >= 11 is 0. The second-order valence-electron chi connectivity index (χ2n) is 5.50. The summed E-state index contributed by atoms with van der Waals surface area (Å²) in [6.45, 7) is 5.65. The standard InChI is InChI=1S/C18H20N2O2/c1-12(2)14-6-4-9-17(10-14)20-18(22)15-7-5-8-16(11-15)19-13(3)21/h4-12H,1-3H3,(H,19,21)(H,20,22). The zero-order valence-electron chi connectivity index (χ0n) is 13.0. The van der Waals surface area contributed by atoms with E-state index in [0.717, 1.165) is 5.69 Å². The summed E-state index contributed by atoms with van der Waals surface area (Å²) in [4.78, 5) is 23.4. The first-order chi connectivity index (χ1) is 10.5. The van der Waals surface area contributed by atoms with Crippen molar-refractivity contribution < 1.29 is 9.59 Å². The van der Waals surface area contributed by atoms with Crippen LogP contribution >= 0.6 is 0 Å². The number of carbonyl (C=O) groups excluding carboxylic acids is 2. The number of amides is 2. The summed E-state index contributed by atoms with van der Waals surface area (Å²) in [7, 11) is 0. The second-order valence-corrected chi connectivity index (χ2v) is 5.50. The first kappa shape index (κ1) is 15.8. The lowest BCUT2D eigenvalue weighted by Gasteiger charge is -2.10. The molecule has 2 aromatic carbocycles. The Morgan fingerprint density at radius 1 is 0.909 bits per heavy atom. The lowest BCUT2D eigenvalue weighted by Crippen LogP contribution is -2.13. The van der Waals surface area contributed by atoms with Crippen molar-refractivity contribution in [3.8, 4) is 0 Å². The molecule has 0 spiro atoms. The largest absolute Gasteiger partial charge is 0.326 e. The number of anilines is 2. The Balaban J connectivity index is 2.15. The van der Waals surface area contributed by atoms with E-state index < -0.39 is 0 Å². The lowest BCUT2D eigenvalue weighted by atomic mass is 10.0. The average Bonchev–Trinajstić information content (AvgIpc) is 2.47. The van der Waals surface area contributed by atoms with E-state index >= 15 is 0 Å². The molecule has 0 aliphatic heterocycles. The molecular formula is C18H20N2O2. The summed E-state index contributed by atoms with van der Waals surface area (Å²) < 4.78 is 0. The van der Waals surface area contributed by atoms with Gasteiger partial charge in [0, 0.05) is 23.9 Å². The van der Waals surface area contributed by atoms with Crippen molar-refractivity contribution in [1.29, 1.82) is 0 Å². The van der Waals surface area contributed by atoms with E-state index in [4.69, 9.17) is 0 Å². The summed E-state index contributed by atoms with van der Waals surface area (Å²) in [6.07, 6.45) is 0. The molecule has 2 aromatic rings. The third-order valence-corrected chi connectivity index (χ3v) is 3.26. The molecule has 2 amide bonds. The van der Waals surface area contributed by atoms with Crippen LogP contribution in [0.4, 0.5) is 11.4 Å². The molecule has 114 valence electrons. The Labute approximate surface area is 130 Å². The average molecular weight is 296 g/mol. The van der Waals surface area contributed by atoms with Crippen LogP contribution in [0, 0.1) is 0 Å². The number of nitrogens with one attached hydrogen (secondary N) is 2. The molecule has 0 aliphatic rings. The van der Waals surface area contributed by atoms with Crippen LogP contribution in [0.5, 0.6) is 0 Å². The smallest absolute Gasteiger partial charge is 0.255 e. The lowest BCUT2D eigenvalue weighted by molar-refractivity contribution is -0.114. The summed E-state index contributed by atoms with van der Waals surface area (Å²) in [6, 6.07) is 14.7. The van der Waals surface area contributed by atoms with Gasteiger partial charge < -0.3 is 10.6 Å². The first-order valence-electron chi connectivity index (χ1n) is 7.24. The van der Waals surface area contributed by atoms with E-state index in [1.165, 1.54) is 12.5 Å². The van der Waals surface area contributed by atoms with Crippen molar-refractivity contribution in [2.24, 2.45) is 0 Å². The highest BCUT2D eigenvalue weighted by Gasteiger charge is 2.08. The minimum absolute atomic E-state index is 0.165. The number of hydrogen-bond acceptors (Lipinski definition) is 2. The van der Waals surface area contributed by atoms with Crippen molar-refractivity contribution in [3.63, 3.8) is 0 Å². The van der Waals surface area contributed by atoms with Gasteiger partial charge >= 0.3 is 0 Å². The molecule has 0 bridgehead atoms. The fraction of sp³-hybridized carbons (Fsp3) is 0.222. The molecule has 2 N–H and O–H groups in total. The minimum Gasteiger partial charge on any atom is -0.326 e. The van der Waals surface area contributed by atoms with E-state index in [1.807, 2.05) is 24.3 Å². The highest BCUT2D eigenvalue weighted by Crippen LogP contribution is 2.19. The maximum Gasteiger partial charge on any atom is 0.255 e. The molecule has 4 nitrogen and oxygen atoms in total. The minimum atomic E-state index is -0.201. The van der Waals surface area contributed by atoms with E-state index in [2.05, 4.69) is 24.5 Å². The number of benzene rings is 2. The van der Waals surface area contributed by atoms with Gasteiger partial charge in [-0.05, 0) is 41.8 Å². The summed E-state index contributed by atoms with van der Waals surface area (Å²) in [5.74, 6) is 0.0373. The van der Waals surface area contributed by atoms with Gasteiger partial charge in [-0.1, -0.05) is 32.0 Å². The van der Waals surface area contributed by atoms with Crippen LogP contribution in [0.15, 0.2) is 48.5 Å². The predicted molar refractivity (Wildman–Crippen MR) is 89.2 cm³/mol.